The highest BCUT2D eigenvalue weighted by Crippen LogP contribution is 2.15. The number of benzene rings is 1. The summed E-state index contributed by atoms with van der Waals surface area (Å²) in [6, 6.07) is 14.7. The van der Waals surface area contributed by atoms with E-state index in [1.54, 1.807) is 0 Å². The molecule has 0 radical (unpaired) electrons. The van der Waals surface area contributed by atoms with E-state index in [4.69, 9.17) is 0 Å². The van der Waals surface area contributed by atoms with Gasteiger partial charge in [0.15, 0.2) is 0 Å². The summed E-state index contributed by atoms with van der Waals surface area (Å²) >= 11 is 0. The lowest BCUT2D eigenvalue weighted by atomic mass is 9.41. The summed E-state index contributed by atoms with van der Waals surface area (Å²) in [6.07, 6.45) is 2.12. The molecule has 0 N–H and O–H groups in total. The molecule has 3 heteroatoms. The molecule has 2 aromatic rings. The molecule has 0 fully saturated rings. The molecule has 0 spiro atoms. The van der Waals surface area contributed by atoms with Gasteiger partial charge in [0.2, 0.25) is 0 Å². The zero-order valence-electron chi connectivity index (χ0n) is 10.7. The molecular formula is C15H15BN2. The number of pyridine rings is 1. The molecule has 0 atom stereocenters. The van der Waals surface area contributed by atoms with Crippen LogP contribution in [0.25, 0.3) is 0 Å². The van der Waals surface area contributed by atoms with Gasteiger partial charge in [0.1, 0.15) is 0 Å². The van der Waals surface area contributed by atoms with E-state index in [-0.39, 0.29) is 6.71 Å². The van der Waals surface area contributed by atoms with E-state index >= 15 is 0 Å². The first-order valence-electron chi connectivity index (χ1n) is 6.19. The van der Waals surface area contributed by atoms with Gasteiger partial charge in [0, 0.05) is 24.0 Å². The number of aromatic nitrogens is 1. The van der Waals surface area contributed by atoms with Gasteiger partial charge in [-0.2, -0.15) is 0 Å². The SMILES string of the molecule is Cc1cccc(B2C=CN(C)c3ccccc32)n1. The molecule has 1 aliphatic rings. The van der Waals surface area contributed by atoms with Crippen molar-refractivity contribution in [3.05, 3.63) is 60.3 Å². The molecule has 18 heavy (non-hydrogen) atoms. The van der Waals surface area contributed by atoms with Crippen molar-refractivity contribution in [2.75, 3.05) is 11.9 Å². The van der Waals surface area contributed by atoms with Crippen LogP contribution in [0.15, 0.2) is 54.6 Å². The molecule has 0 aliphatic carbocycles. The van der Waals surface area contributed by atoms with Crippen LogP contribution in [0.2, 0.25) is 0 Å². The molecule has 2 nitrogen and oxygen atoms in total. The summed E-state index contributed by atoms with van der Waals surface area (Å²) in [5.74, 6) is 2.21. The molecular weight excluding hydrogens is 219 g/mol. The highest BCUT2D eigenvalue weighted by molar-refractivity contribution is 6.90. The minimum absolute atomic E-state index is 0.261. The summed E-state index contributed by atoms with van der Waals surface area (Å²) in [5, 5.41) is 0. The van der Waals surface area contributed by atoms with Crippen molar-refractivity contribution in [3.63, 3.8) is 0 Å². The van der Waals surface area contributed by atoms with Gasteiger partial charge >= 0.3 is 0 Å². The van der Waals surface area contributed by atoms with Crippen molar-refractivity contribution in [2.24, 2.45) is 0 Å². The molecule has 0 amide bonds. The van der Waals surface area contributed by atoms with Crippen LogP contribution in [0.4, 0.5) is 5.69 Å². The van der Waals surface area contributed by atoms with E-state index in [0.717, 1.165) is 11.3 Å². The predicted octanol–water partition coefficient (Wildman–Crippen LogP) is 1.50. The third kappa shape index (κ3) is 1.82. The van der Waals surface area contributed by atoms with Gasteiger partial charge < -0.3 is 4.90 Å². The Balaban J connectivity index is 2.11. The van der Waals surface area contributed by atoms with Crippen LogP contribution in [0.5, 0.6) is 0 Å². The standard InChI is InChI=1S/C15H15BN2/c1-12-6-5-9-15(17-12)16-10-11-18(2)14-8-4-3-7-13(14)16/h3-11H,1-2H3. The lowest BCUT2D eigenvalue weighted by Gasteiger charge is -2.26. The van der Waals surface area contributed by atoms with Gasteiger partial charge in [0.25, 0.3) is 6.71 Å². The number of nitrogens with zero attached hydrogens (tertiary/aromatic N) is 2. The average Bonchev–Trinajstić information content (AvgIpc) is 2.39. The first-order chi connectivity index (χ1) is 8.75. The van der Waals surface area contributed by atoms with Crippen LogP contribution in [0.3, 0.4) is 0 Å². The summed E-state index contributed by atoms with van der Waals surface area (Å²) in [6.45, 7) is 2.30. The van der Waals surface area contributed by atoms with Crippen molar-refractivity contribution >= 4 is 23.5 Å². The topological polar surface area (TPSA) is 16.1 Å². The average molecular weight is 234 g/mol. The summed E-state index contributed by atoms with van der Waals surface area (Å²) in [4.78, 5) is 6.81. The van der Waals surface area contributed by atoms with E-state index in [0.29, 0.717) is 0 Å². The van der Waals surface area contributed by atoms with Crippen LogP contribution in [-0.2, 0) is 0 Å². The van der Waals surface area contributed by atoms with E-state index in [1.807, 2.05) is 13.0 Å². The number of anilines is 1. The number of aryl methyl sites for hydroxylation is 1. The number of para-hydroxylation sites is 1. The third-order valence-corrected chi connectivity index (χ3v) is 3.38. The molecule has 1 aromatic carbocycles. The Morgan fingerprint density at radius 3 is 2.72 bits per heavy atom. The molecule has 3 rings (SSSR count). The lowest BCUT2D eigenvalue weighted by molar-refractivity contribution is 1.20. The van der Waals surface area contributed by atoms with E-state index in [2.05, 4.69) is 65.5 Å². The van der Waals surface area contributed by atoms with E-state index in [9.17, 15) is 0 Å². The van der Waals surface area contributed by atoms with Crippen molar-refractivity contribution in [2.45, 2.75) is 6.92 Å². The van der Waals surface area contributed by atoms with Crippen molar-refractivity contribution in [1.29, 1.82) is 0 Å². The van der Waals surface area contributed by atoms with Crippen LogP contribution in [0.1, 0.15) is 5.69 Å². The van der Waals surface area contributed by atoms with E-state index in [1.165, 1.54) is 11.2 Å². The Morgan fingerprint density at radius 2 is 1.89 bits per heavy atom. The summed E-state index contributed by atoms with van der Waals surface area (Å²) in [5.41, 5.74) is 4.76. The lowest BCUT2D eigenvalue weighted by Crippen LogP contribution is -2.47. The monoisotopic (exact) mass is 234 g/mol. The van der Waals surface area contributed by atoms with Crippen LogP contribution in [0, 0.1) is 6.92 Å². The molecule has 88 valence electrons. The molecule has 1 aromatic heterocycles. The maximum absolute atomic E-state index is 4.65. The Labute approximate surface area is 108 Å². The number of fused-ring (bicyclic) bond motifs is 1. The third-order valence-electron chi connectivity index (χ3n) is 3.38. The van der Waals surface area contributed by atoms with Gasteiger partial charge in [-0.1, -0.05) is 30.2 Å². The highest BCUT2D eigenvalue weighted by atomic mass is 15.1. The Hall–Kier alpha value is -2.03. The van der Waals surface area contributed by atoms with Crippen molar-refractivity contribution in [1.82, 2.24) is 4.98 Å². The molecule has 0 saturated carbocycles. The second-order valence-electron chi connectivity index (χ2n) is 4.69. The maximum atomic E-state index is 4.65. The fourth-order valence-electron chi connectivity index (χ4n) is 2.47. The number of hydrogen-bond donors (Lipinski definition) is 0. The smallest absolute Gasteiger partial charge is 0.261 e. The molecule has 0 unspecified atom stereocenters. The van der Waals surface area contributed by atoms with Gasteiger partial charge in [-0.3, -0.25) is 4.98 Å². The van der Waals surface area contributed by atoms with Crippen LogP contribution < -0.4 is 16.0 Å². The van der Waals surface area contributed by atoms with Crippen LogP contribution >= 0.6 is 0 Å². The Bertz CT molecular complexity index is 607. The maximum Gasteiger partial charge on any atom is 0.261 e. The quantitative estimate of drug-likeness (QED) is 0.695. The Kier molecular flexibility index (Phi) is 2.67. The van der Waals surface area contributed by atoms with Gasteiger partial charge in [-0.05, 0) is 36.8 Å². The van der Waals surface area contributed by atoms with Gasteiger partial charge in [-0.15, -0.1) is 0 Å². The second-order valence-corrected chi connectivity index (χ2v) is 4.69. The normalized spacial score (nSPS) is 13.7. The Morgan fingerprint density at radius 1 is 1.06 bits per heavy atom. The predicted molar refractivity (Wildman–Crippen MR) is 78.0 cm³/mol. The molecule has 0 saturated heterocycles. The van der Waals surface area contributed by atoms with Gasteiger partial charge in [0.05, 0.1) is 0 Å². The number of rotatable bonds is 1. The van der Waals surface area contributed by atoms with Crippen molar-refractivity contribution < 1.29 is 0 Å². The zero-order chi connectivity index (χ0) is 12.5. The summed E-state index contributed by atoms with van der Waals surface area (Å²) in [7, 11) is 2.08. The van der Waals surface area contributed by atoms with E-state index < -0.39 is 0 Å². The zero-order valence-corrected chi connectivity index (χ0v) is 10.7. The molecule has 1 aliphatic heterocycles. The highest BCUT2D eigenvalue weighted by Gasteiger charge is 2.24. The molecule has 0 bridgehead atoms. The minimum atomic E-state index is 0.261. The fourth-order valence-corrected chi connectivity index (χ4v) is 2.47. The van der Waals surface area contributed by atoms with Gasteiger partial charge in [-0.25, -0.2) is 0 Å². The van der Waals surface area contributed by atoms with Crippen molar-refractivity contribution in [3.8, 4) is 0 Å². The first kappa shape index (κ1) is 11.1. The minimum Gasteiger partial charge on any atom is -0.353 e. The largest absolute Gasteiger partial charge is 0.353 e. The number of hydrogen-bond acceptors (Lipinski definition) is 2. The first-order valence-corrected chi connectivity index (χ1v) is 6.19. The fraction of sp³-hybridized carbons (Fsp3) is 0.133. The molecule has 2 heterocycles. The summed E-state index contributed by atoms with van der Waals surface area (Å²) < 4.78 is 0. The van der Waals surface area contributed by atoms with Crippen LogP contribution in [-0.4, -0.2) is 18.7 Å². The second kappa shape index (κ2) is 4.33.